The van der Waals surface area contributed by atoms with Gasteiger partial charge in [0.25, 0.3) is 5.91 Å². The number of halogens is 3. The maximum atomic E-state index is 12.8. The molecule has 3 rings (SSSR count). The summed E-state index contributed by atoms with van der Waals surface area (Å²) in [4.78, 5) is 17.5. The third-order valence-electron chi connectivity index (χ3n) is 4.70. The minimum absolute atomic E-state index is 0.0979. The zero-order valence-corrected chi connectivity index (χ0v) is 17.3. The highest BCUT2D eigenvalue weighted by atomic mass is 19.4. The molecule has 31 heavy (non-hydrogen) atoms. The highest BCUT2D eigenvalue weighted by molar-refractivity contribution is 5.85. The number of alkyl halides is 3. The minimum atomic E-state index is -4.41. The van der Waals surface area contributed by atoms with Crippen LogP contribution in [0.5, 0.6) is 0 Å². The number of rotatable bonds is 6. The summed E-state index contributed by atoms with van der Waals surface area (Å²) in [6, 6.07) is 11.6. The zero-order valence-electron chi connectivity index (χ0n) is 17.3. The number of nitrogens with zero attached hydrogens (tertiary/aromatic N) is 3. The Hall–Kier alpha value is -3.40. The third kappa shape index (κ3) is 4.69. The number of aromatic nitrogens is 2. The van der Waals surface area contributed by atoms with Crippen molar-refractivity contribution in [3.05, 3.63) is 60.0 Å². The lowest BCUT2D eigenvalue weighted by Gasteiger charge is -2.24. The van der Waals surface area contributed by atoms with Crippen molar-refractivity contribution < 1.29 is 27.2 Å². The van der Waals surface area contributed by atoms with Crippen LogP contribution < -0.4 is 5.32 Å². The molecule has 1 heterocycles. The third-order valence-corrected chi connectivity index (χ3v) is 4.70. The number of amides is 1. The Balaban J connectivity index is 1.89. The smallest absolute Gasteiger partial charge is 0.416 e. The normalized spacial score (nSPS) is 12.0. The van der Waals surface area contributed by atoms with E-state index in [0.29, 0.717) is 16.9 Å². The van der Waals surface area contributed by atoms with E-state index in [4.69, 9.17) is 9.25 Å². The molecule has 0 saturated carbocycles. The van der Waals surface area contributed by atoms with Gasteiger partial charge in [-0.1, -0.05) is 12.1 Å². The summed E-state index contributed by atoms with van der Waals surface area (Å²) in [7, 11) is 2.85. The molecule has 0 aliphatic carbocycles. The summed E-state index contributed by atoms with van der Waals surface area (Å²) < 4.78 is 44.1. The van der Waals surface area contributed by atoms with Crippen molar-refractivity contribution in [2.45, 2.75) is 25.4 Å². The second-order valence-corrected chi connectivity index (χ2v) is 7.27. The molecule has 1 amide bonds. The number of benzene rings is 2. The van der Waals surface area contributed by atoms with Crippen LogP contribution in [0.15, 0.2) is 52.9 Å². The van der Waals surface area contributed by atoms with Crippen LogP contribution in [0, 0.1) is 0 Å². The molecular weight excluding hydrogens is 413 g/mol. The molecule has 10 heteroatoms. The van der Waals surface area contributed by atoms with Crippen molar-refractivity contribution in [2.24, 2.45) is 0 Å². The van der Waals surface area contributed by atoms with E-state index in [1.165, 1.54) is 26.3 Å². The molecule has 164 valence electrons. The maximum Gasteiger partial charge on any atom is 0.416 e. The van der Waals surface area contributed by atoms with E-state index < -0.39 is 17.2 Å². The fourth-order valence-electron chi connectivity index (χ4n) is 2.83. The predicted molar refractivity (Wildman–Crippen MR) is 107 cm³/mol. The monoisotopic (exact) mass is 434 g/mol. The Morgan fingerprint density at radius 1 is 1.06 bits per heavy atom. The van der Waals surface area contributed by atoms with E-state index >= 15 is 0 Å². The van der Waals surface area contributed by atoms with E-state index in [2.05, 4.69) is 15.5 Å². The summed E-state index contributed by atoms with van der Waals surface area (Å²) in [5.41, 5.74) is -0.329. The average molecular weight is 434 g/mol. The summed E-state index contributed by atoms with van der Waals surface area (Å²) in [5.74, 6) is -0.118. The van der Waals surface area contributed by atoms with Gasteiger partial charge in [0.05, 0.1) is 23.9 Å². The molecule has 0 aliphatic rings. The van der Waals surface area contributed by atoms with Crippen LogP contribution in [0.4, 0.5) is 24.5 Å². The van der Waals surface area contributed by atoms with Gasteiger partial charge in [-0.3, -0.25) is 9.63 Å². The van der Waals surface area contributed by atoms with Crippen molar-refractivity contribution in [2.75, 3.05) is 19.5 Å². The van der Waals surface area contributed by atoms with Gasteiger partial charge in [-0.25, -0.2) is 5.06 Å². The molecule has 2 aromatic carbocycles. The van der Waals surface area contributed by atoms with Crippen molar-refractivity contribution in [3.8, 4) is 11.5 Å². The molecule has 0 fully saturated rings. The van der Waals surface area contributed by atoms with Crippen LogP contribution in [0.3, 0.4) is 0 Å². The van der Waals surface area contributed by atoms with Crippen molar-refractivity contribution in [1.29, 1.82) is 0 Å². The highest BCUT2D eigenvalue weighted by Gasteiger charge is 2.38. The van der Waals surface area contributed by atoms with Gasteiger partial charge in [-0.15, -0.1) is 10.2 Å². The van der Waals surface area contributed by atoms with Gasteiger partial charge < -0.3 is 9.73 Å². The highest BCUT2D eigenvalue weighted by Crippen LogP contribution is 2.34. The molecule has 7 nitrogen and oxygen atoms in total. The van der Waals surface area contributed by atoms with Gasteiger partial charge in [0.15, 0.2) is 0 Å². The van der Waals surface area contributed by atoms with Gasteiger partial charge in [-0.05, 0) is 50.2 Å². The number of likely N-dealkylation sites (N-methyl/N-ethyl adjacent to an activating group) is 1. The molecule has 1 N–H and O–H groups in total. The van der Waals surface area contributed by atoms with Gasteiger partial charge in [-0.2, -0.15) is 13.2 Å². The number of nitrogens with one attached hydrogen (secondary N) is 1. The summed E-state index contributed by atoms with van der Waals surface area (Å²) in [6.07, 6.45) is -4.41. The summed E-state index contributed by atoms with van der Waals surface area (Å²) in [5, 5.41) is 12.2. The van der Waals surface area contributed by atoms with Crippen LogP contribution in [0.1, 0.15) is 25.3 Å². The molecule has 0 saturated heterocycles. The summed E-state index contributed by atoms with van der Waals surface area (Å²) >= 11 is 0. The quantitative estimate of drug-likeness (QED) is 0.562. The van der Waals surface area contributed by atoms with Crippen molar-refractivity contribution in [3.63, 3.8) is 0 Å². The number of carbonyl (C=O) groups is 1. The Morgan fingerprint density at radius 3 is 2.32 bits per heavy atom. The van der Waals surface area contributed by atoms with E-state index in [-0.39, 0.29) is 17.7 Å². The lowest BCUT2D eigenvalue weighted by molar-refractivity contribution is -0.175. The number of para-hydroxylation sites is 1. The van der Waals surface area contributed by atoms with Crippen molar-refractivity contribution in [1.82, 2.24) is 15.3 Å². The molecule has 3 aromatic rings. The molecule has 0 atom stereocenters. The van der Waals surface area contributed by atoms with Gasteiger partial charge >= 0.3 is 6.18 Å². The second kappa shape index (κ2) is 8.38. The first-order valence-electron chi connectivity index (χ1n) is 9.24. The number of anilines is 2. The fraction of sp³-hybridized carbons (Fsp3) is 0.286. The largest absolute Gasteiger partial charge is 0.419 e. The first-order chi connectivity index (χ1) is 14.5. The maximum absolute atomic E-state index is 12.8. The zero-order chi connectivity index (χ0) is 22.8. The second-order valence-electron chi connectivity index (χ2n) is 7.27. The van der Waals surface area contributed by atoms with E-state index in [1.807, 2.05) is 0 Å². The van der Waals surface area contributed by atoms with Gasteiger partial charge in [0.2, 0.25) is 11.8 Å². The van der Waals surface area contributed by atoms with Crippen LogP contribution >= 0.6 is 0 Å². The number of hydroxylamine groups is 2. The minimum Gasteiger partial charge on any atom is -0.419 e. The van der Waals surface area contributed by atoms with Crippen LogP contribution in [-0.4, -0.2) is 35.3 Å². The Morgan fingerprint density at radius 2 is 1.71 bits per heavy atom. The molecule has 1 aromatic heterocycles. The first-order valence-corrected chi connectivity index (χ1v) is 9.24. The number of hydrogen-bond donors (Lipinski definition) is 1. The number of hydrogen-bond acceptors (Lipinski definition) is 6. The molecule has 0 unspecified atom stereocenters. The van der Waals surface area contributed by atoms with Gasteiger partial charge in [0, 0.05) is 12.7 Å². The Labute approximate surface area is 176 Å². The Kier molecular flexibility index (Phi) is 6.03. The molecule has 0 bridgehead atoms. The molecule has 0 radical (unpaired) electrons. The van der Waals surface area contributed by atoms with Crippen molar-refractivity contribution >= 4 is 17.3 Å². The van der Waals surface area contributed by atoms with Crippen LogP contribution in [0.25, 0.3) is 11.5 Å². The van der Waals surface area contributed by atoms with Gasteiger partial charge in [0.1, 0.15) is 5.41 Å². The predicted octanol–water partition coefficient (Wildman–Crippen LogP) is 4.80. The summed E-state index contributed by atoms with van der Waals surface area (Å²) in [6.45, 7) is 3.27. The van der Waals surface area contributed by atoms with E-state index in [1.54, 1.807) is 38.1 Å². The fourth-order valence-corrected chi connectivity index (χ4v) is 2.83. The lowest BCUT2D eigenvalue weighted by atomic mass is 9.92. The van der Waals surface area contributed by atoms with Crippen LogP contribution in [0.2, 0.25) is 0 Å². The lowest BCUT2D eigenvalue weighted by Crippen LogP contribution is -2.41. The van der Waals surface area contributed by atoms with Crippen LogP contribution in [-0.2, 0) is 21.2 Å². The molecular formula is C21H21F3N4O3. The molecule has 0 aliphatic heterocycles. The molecule has 0 spiro atoms. The standard InChI is InChI=1S/C21H21F3N4O3/c1-20(2,19(29)28(3)30-4)18-27-26-17(31-18)15-7-5-6-8-16(15)25-14-11-9-13(10-12-14)21(22,23)24/h5-12,25H,1-4H3. The number of carbonyl (C=O) groups excluding carboxylic acids is 1. The van der Waals surface area contributed by atoms with E-state index in [0.717, 1.165) is 17.2 Å². The SMILES string of the molecule is CON(C)C(=O)C(C)(C)c1nnc(-c2ccccc2Nc2ccc(C(F)(F)F)cc2)o1. The van der Waals surface area contributed by atoms with E-state index in [9.17, 15) is 18.0 Å². The average Bonchev–Trinajstić information content (AvgIpc) is 3.23. The Bertz CT molecular complexity index is 1060. The topological polar surface area (TPSA) is 80.5 Å². The first kappa shape index (κ1) is 22.3.